The van der Waals surface area contributed by atoms with E-state index in [0.717, 1.165) is 42.2 Å². The molecule has 0 aliphatic carbocycles. The van der Waals surface area contributed by atoms with Crippen LogP contribution < -0.4 is 5.32 Å². The molecule has 1 N–H and O–H groups in total. The summed E-state index contributed by atoms with van der Waals surface area (Å²) in [4.78, 5) is 17.3. The van der Waals surface area contributed by atoms with E-state index in [4.69, 9.17) is 11.6 Å². The van der Waals surface area contributed by atoms with Crippen LogP contribution in [0, 0.1) is 0 Å². The van der Waals surface area contributed by atoms with Crippen LogP contribution in [-0.2, 0) is 21.4 Å². The number of sulfonamides is 1. The van der Waals surface area contributed by atoms with Crippen molar-refractivity contribution in [1.82, 2.24) is 13.9 Å². The molecule has 34 heavy (non-hydrogen) atoms. The largest absolute Gasteiger partial charge is 0.325 e. The first-order valence-electron chi connectivity index (χ1n) is 11.2. The minimum atomic E-state index is -3.49. The summed E-state index contributed by atoms with van der Waals surface area (Å²) in [6.45, 7) is 3.87. The van der Waals surface area contributed by atoms with Crippen LogP contribution in [0.4, 0.5) is 5.69 Å². The topological polar surface area (TPSA) is 84.3 Å². The average Bonchev–Trinajstić information content (AvgIpc) is 3.27. The number of hydrogen-bond donors (Lipinski definition) is 1. The number of anilines is 1. The van der Waals surface area contributed by atoms with E-state index in [1.165, 1.54) is 16.1 Å². The monoisotopic (exact) mass is 518 g/mol. The zero-order valence-electron chi connectivity index (χ0n) is 18.9. The second kappa shape index (κ2) is 10.9. The number of nitrogens with one attached hydrogen (secondary N) is 1. The molecular weight excluding hydrogens is 492 g/mol. The number of carbonyl (C=O) groups excluding carboxylic acids is 1. The molecule has 10 heteroatoms. The van der Waals surface area contributed by atoms with Gasteiger partial charge in [0.25, 0.3) is 0 Å². The smallest absolute Gasteiger partial charge is 0.243 e. The van der Waals surface area contributed by atoms with Gasteiger partial charge in [0.2, 0.25) is 15.9 Å². The summed E-state index contributed by atoms with van der Waals surface area (Å²) in [6.07, 6.45) is 4.65. The number of amides is 1. The molecule has 0 saturated carbocycles. The van der Waals surface area contributed by atoms with Crippen LogP contribution in [0.2, 0.25) is 5.02 Å². The van der Waals surface area contributed by atoms with Gasteiger partial charge in [-0.2, -0.15) is 4.31 Å². The predicted molar refractivity (Wildman–Crippen MR) is 137 cm³/mol. The first kappa shape index (κ1) is 24.8. The zero-order chi connectivity index (χ0) is 24.1. The van der Waals surface area contributed by atoms with E-state index in [2.05, 4.69) is 14.9 Å². The summed E-state index contributed by atoms with van der Waals surface area (Å²) in [5.74, 6) is 0.000539. The first-order chi connectivity index (χ1) is 16.4. The quantitative estimate of drug-likeness (QED) is 0.418. The molecule has 0 atom stereocenters. The van der Waals surface area contributed by atoms with Crippen molar-refractivity contribution >= 4 is 45.0 Å². The number of hydrogen-bond acceptors (Lipinski definition) is 5. The Morgan fingerprint density at radius 1 is 1.06 bits per heavy atom. The highest BCUT2D eigenvalue weighted by Gasteiger charge is 2.25. The molecule has 1 aliphatic rings. The first-order valence-corrected chi connectivity index (χ1v) is 14.0. The molecule has 0 bridgehead atoms. The summed E-state index contributed by atoms with van der Waals surface area (Å²) >= 11 is 7.35. The van der Waals surface area contributed by atoms with Gasteiger partial charge in [0.1, 0.15) is 0 Å². The molecule has 1 aromatic heterocycles. The molecule has 1 fully saturated rings. The minimum Gasteiger partial charge on any atom is -0.325 e. The van der Waals surface area contributed by atoms with Gasteiger partial charge in [0.05, 0.1) is 22.5 Å². The second-order valence-corrected chi connectivity index (χ2v) is 11.3. The number of imidazole rings is 1. The zero-order valence-corrected chi connectivity index (χ0v) is 21.3. The highest BCUT2D eigenvalue weighted by molar-refractivity contribution is 7.99. The maximum atomic E-state index is 12.8. The fourth-order valence-electron chi connectivity index (χ4n) is 3.92. The highest BCUT2D eigenvalue weighted by Crippen LogP contribution is 2.27. The van der Waals surface area contributed by atoms with Crippen LogP contribution in [0.1, 0.15) is 26.2 Å². The van der Waals surface area contributed by atoms with Crippen molar-refractivity contribution in [3.05, 3.63) is 59.8 Å². The van der Waals surface area contributed by atoms with Crippen molar-refractivity contribution in [3.63, 3.8) is 0 Å². The fraction of sp³-hybridized carbons (Fsp3) is 0.333. The predicted octanol–water partition coefficient (Wildman–Crippen LogP) is 5.13. The number of halogens is 1. The molecule has 2 aromatic carbocycles. The van der Waals surface area contributed by atoms with Gasteiger partial charge in [0.15, 0.2) is 5.16 Å². The van der Waals surface area contributed by atoms with Crippen LogP contribution in [0.25, 0.3) is 11.3 Å². The molecular formula is C24H27ClN4O3S2. The Morgan fingerprint density at radius 3 is 2.38 bits per heavy atom. The lowest BCUT2D eigenvalue weighted by molar-refractivity contribution is -0.113. The third-order valence-corrected chi connectivity index (χ3v) is 8.85. The van der Waals surface area contributed by atoms with Gasteiger partial charge in [-0.1, -0.05) is 41.9 Å². The van der Waals surface area contributed by atoms with E-state index in [-0.39, 0.29) is 16.6 Å². The Bertz CT molecular complexity index is 1240. The molecule has 7 nitrogen and oxygen atoms in total. The molecule has 4 rings (SSSR count). The van der Waals surface area contributed by atoms with Gasteiger partial charge >= 0.3 is 0 Å². The van der Waals surface area contributed by atoms with E-state index in [1.54, 1.807) is 30.5 Å². The summed E-state index contributed by atoms with van der Waals surface area (Å²) in [5.41, 5.74) is 2.53. The number of nitrogens with zero attached hydrogens (tertiary/aromatic N) is 3. The second-order valence-electron chi connectivity index (χ2n) is 8.00. The number of carbonyl (C=O) groups is 1. The van der Waals surface area contributed by atoms with Crippen LogP contribution >= 0.6 is 23.4 Å². The molecule has 1 saturated heterocycles. The summed E-state index contributed by atoms with van der Waals surface area (Å²) in [6, 6.07) is 13.9. The lowest BCUT2D eigenvalue weighted by Crippen LogP contribution is -2.35. The number of benzene rings is 2. The summed E-state index contributed by atoms with van der Waals surface area (Å²) < 4.78 is 29.2. The number of aromatic nitrogens is 2. The fourth-order valence-corrected chi connectivity index (χ4v) is 6.41. The normalized spacial score (nSPS) is 14.8. The van der Waals surface area contributed by atoms with E-state index in [9.17, 15) is 13.2 Å². The van der Waals surface area contributed by atoms with Crippen LogP contribution in [-0.4, -0.2) is 47.0 Å². The molecule has 3 aromatic rings. The Morgan fingerprint density at radius 2 is 1.74 bits per heavy atom. The van der Waals surface area contributed by atoms with Crippen molar-refractivity contribution < 1.29 is 13.2 Å². The Labute approximate surface area is 209 Å². The van der Waals surface area contributed by atoms with Gasteiger partial charge in [-0.25, -0.2) is 13.4 Å². The average molecular weight is 519 g/mol. The third-order valence-electron chi connectivity index (χ3n) is 5.70. The summed E-state index contributed by atoms with van der Waals surface area (Å²) in [5, 5.41) is 4.26. The number of rotatable bonds is 8. The van der Waals surface area contributed by atoms with Gasteiger partial charge in [-0.05, 0) is 61.7 Å². The molecule has 180 valence electrons. The maximum Gasteiger partial charge on any atom is 0.243 e. The standard InChI is InChI=1S/C24H27ClN4O3S2/c1-2-29-22(18-6-8-19(25)9-7-18)16-26-24(29)33-17-23(30)27-20-10-12-21(13-11-20)34(31,32)28-14-4-3-5-15-28/h6-13,16H,2-5,14-15,17H2,1H3,(H,27,30). The Hall–Kier alpha value is -2.33. The van der Waals surface area contributed by atoms with Crippen molar-refractivity contribution in [3.8, 4) is 11.3 Å². The number of piperidine rings is 1. The molecule has 1 aliphatic heterocycles. The molecule has 0 unspecified atom stereocenters. The minimum absolute atomic E-state index is 0.185. The van der Waals surface area contributed by atoms with Gasteiger partial charge < -0.3 is 9.88 Å². The third kappa shape index (κ3) is 5.66. The molecule has 0 radical (unpaired) electrons. The van der Waals surface area contributed by atoms with Crippen molar-refractivity contribution in [1.29, 1.82) is 0 Å². The van der Waals surface area contributed by atoms with Gasteiger partial charge in [-0.15, -0.1) is 0 Å². The van der Waals surface area contributed by atoms with Crippen LogP contribution in [0.3, 0.4) is 0 Å². The SMILES string of the molecule is CCn1c(-c2ccc(Cl)cc2)cnc1SCC(=O)Nc1ccc(S(=O)(=O)N2CCCCC2)cc1. The van der Waals surface area contributed by atoms with E-state index in [0.29, 0.717) is 23.8 Å². The van der Waals surface area contributed by atoms with Crippen molar-refractivity contribution in [2.75, 3.05) is 24.2 Å². The van der Waals surface area contributed by atoms with Crippen molar-refractivity contribution in [2.45, 2.75) is 42.8 Å². The van der Waals surface area contributed by atoms with E-state index >= 15 is 0 Å². The molecule has 1 amide bonds. The molecule has 2 heterocycles. The van der Waals surface area contributed by atoms with E-state index in [1.807, 2.05) is 31.2 Å². The Balaban J connectivity index is 1.37. The van der Waals surface area contributed by atoms with Crippen molar-refractivity contribution in [2.24, 2.45) is 0 Å². The molecule has 0 spiro atoms. The van der Waals surface area contributed by atoms with Gasteiger partial charge in [0, 0.05) is 30.3 Å². The van der Waals surface area contributed by atoms with Crippen LogP contribution in [0.15, 0.2) is 64.8 Å². The number of thioether (sulfide) groups is 1. The lowest BCUT2D eigenvalue weighted by Gasteiger charge is -2.25. The van der Waals surface area contributed by atoms with Crippen LogP contribution in [0.5, 0.6) is 0 Å². The Kier molecular flexibility index (Phi) is 7.98. The van der Waals surface area contributed by atoms with Gasteiger partial charge in [-0.3, -0.25) is 4.79 Å². The lowest BCUT2D eigenvalue weighted by atomic mass is 10.2. The van der Waals surface area contributed by atoms with E-state index < -0.39 is 10.0 Å². The maximum absolute atomic E-state index is 12.8. The highest BCUT2D eigenvalue weighted by atomic mass is 35.5. The summed E-state index contributed by atoms with van der Waals surface area (Å²) in [7, 11) is -3.49.